The third-order valence-electron chi connectivity index (χ3n) is 7.30. The van der Waals surface area contributed by atoms with Gasteiger partial charge in [-0.15, -0.1) is 0 Å². The molecule has 44 heavy (non-hydrogen) atoms. The smallest absolute Gasteiger partial charge is 0.336 e. The molecule has 0 radical (unpaired) electrons. The maximum Gasteiger partial charge on any atom is 0.336 e. The van der Waals surface area contributed by atoms with E-state index in [0.717, 1.165) is 22.1 Å². The number of nitrogens with one attached hydrogen (secondary N) is 2. The van der Waals surface area contributed by atoms with Crippen molar-refractivity contribution in [2.75, 3.05) is 18.5 Å². The van der Waals surface area contributed by atoms with Crippen LogP contribution in [0.1, 0.15) is 35.3 Å². The predicted molar refractivity (Wildman–Crippen MR) is 172 cm³/mol. The molecule has 0 atom stereocenters. The van der Waals surface area contributed by atoms with Crippen LogP contribution in [0.2, 0.25) is 0 Å². The Morgan fingerprint density at radius 1 is 0.818 bits per heavy atom. The van der Waals surface area contributed by atoms with Crippen LogP contribution in [0, 0.1) is 0 Å². The molecule has 1 heterocycles. The van der Waals surface area contributed by atoms with E-state index < -0.39 is 17.2 Å². The Labute approximate surface area is 254 Å². The van der Waals surface area contributed by atoms with Gasteiger partial charge in [-0.25, -0.2) is 9.36 Å². The summed E-state index contributed by atoms with van der Waals surface area (Å²) in [6.45, 7) is 4.45. The van der Waals surface area contributed by atoms with Crippen molar-refractivity contribution >= 4 is 28.4 Å². The second kappa shape index (κ2) is 13.7. The highest BCUT2D eigenvalue weighted by atomic mass is 16.5. The third-order valence-corrected chi connectivity index (χ3v) is 7.30. The summed E-state index contributed by atoms with van der Waals surface area (Å²) in [6, 6.07) is 28.4. The van der Waals surface area contributed by atoms with E-state index >= 15 is 0 Å². The lowest BCUT2D eigenvalue weighted by Gasteiger charge is -2.16. The van der Waals surface area contributed by atoms with Crippen LogP contribution in [-0.4, -0.2) is 34.1 Å². The Bertz CT molecular complexity index is 1890. The maximum absolute atomic E-state index is 13.9. The maximum atomic E-state index is 13.9. The average Bonchev–Trinajstić information content (AvgIpc) is 3.04. The Balaban J connectivity index is 1.50. The Kier molecular flexibility index (Phi) is 9.34. The molecule has 0 aliphatic heterocycles. The predicted octanol–water partition coefficient (Wildman–Crippen LogP) is 4.72. The van der Waals surface area contributed by atoms with Crippen molar-refractivity contribution < 1.29 is 14.3 Å². The summed E-state index contributed by atoms with van der Waals surface area (Å²) in [5.41, 5.74) is 2.31. The Hall–Kier alpha value is -5.44. The molecule has 4 aromatic carbocycles. The molecular formula is C35H34N4O5. The third kappa shape index (κ3) is 6.78. The fraction of sp³-hybridized carbons (Fsp3) is 0.200. The van der Waals surface area contributed by atoms with Crippen LogP contribution in [0.25, 0.3) is 16.6 Å². The quantitative estimate of drug-likeness (QED) is 0.231. The molecule has 0 spiro atoms. The molecule has 224 valence electrons. The van der Waals surface area contributed by atoms with Gasteiger partial charge in [0, 0.05) is 17.8 Å². The lowest BCUT2D eigenvalue weighted by Crippen LogP contribution is -2.41. The zero-order valence-electron chi connectivity index (χ0n) is 24.7. The minimum absolute atomic E-state index is 0.194. The lowest BCUT2D eigenvalue weighted by atomic mass is 10.1. The van der Waals surface area contributed by atoms with Crippen LogP contribution >= 0.6 is 0 Å². The van der Waals surface area contributed by atoms with Gasteiger partial charge in [0.15, 0.2) is 0 Å². The molecule has 2 amide bonds. The van der Waals surface area contributed by atoms with Gasteiger partial charge in [0.25, 0.3) is 11.5 Å². The minimum Gasteiger partial charge on any atom is -0.494 e. The molecule has 1 aromatic heterocycles. The van der Waals surface area contributed by atoms with Crippen LogP contribution in [0.5, 0.6) is 5.75 Å². The fourth-order valence-electron chi connectivity index (χ4n) is 4.98. The minimum atomic E-state index is -0.685. The number of ether oxygens (including phenoxy) is 1. The average molecular weight is 591 g/mol. The number of hydrogen-bond acceptors (Lipinski definition) is 5. The summed E-state index contributed by atoms with van der Waals surface area (Å²) in [4.78, 5) is 53.9. The molecule has 0 aliphatic carbocycles. The first-order valence-corrected chi connectivity index (χ1v) is 14.6. The van der Waals surface area contributed by atoms with Gasteiger partial charge in [-0.05, 0) is 85.5 Å². The van der Waals surface area contributed by atoms with Crippen molar-refractivity contribution in [2.45, 2.75) is 33.2 Å². The van der Waals surface area contributed by atoms with Gasteiger partial charge in [0.2, 0.25) is 5.91 Å². The Morgan fingerprint density at radius 3 is 2.23 bits per heavy atom. The molecule has 9 nitrogen and oxygen atoms in total. The number of rotatable bonds is 11. The van der Waals surface area contributed by atoms with Crippen molar-refractivity contribution in [3.8, 4) is 11.4 Å². The summed E-state index contributed by atoms with van der Waals surface area (Å²) in [7, 11) is 0. The van der Waals surface area contributed by atoms with E-state index in [0.29, 0.717) is 36.7 Å². The first-order valence-electron chi connectivity index (χ1n) is 14.6. The number of anilines is 1. The topological polar surface area (TPSA) is 111 Å². The summed E-state index contributed by atoms with van der Waals surface area (Å²) in [5, 5.41) is 5.90. The molecule has 0 bridgehead atoms. The van der Waals surface area contributed by atoms with Crippen LogP contribution in [0.4, 0.5) is 5.69 Å². The number of carbonyl (C=O) groups is 2. The summed E-state index contributed by atoms with van der Waals surface area (Å²) in [5.74, 6) is -0.148. The SMILES string of the molecule is CCOc1ccc(NC(=O)Cn2c(=O)n(-c3ccc(CC)cc3)c(=O)c3ccc(C(=O)NCCc4ccccc4)cc32)cc1. The zero-order valence-corrected chi connectivity index (χ0v) is 24.7. The number of benzene rings is 4. The van der Waals surface area contributed by atoms with Gasteiger partial charge in [0.1, 0.15) is 12.3 Å². The van der Waals surface area contributed by atoms with E-state index in [1.54, 1.807) is 42.5 Å². The molecule has 9 heteroatoms. The van der Waals surface area contributed by atoms with Gasteiger partial charge >= 0.3 is 5.69 Å². The molecule has 5 aromatic rings. The van der Waals surface area contributed by atoms with E-state index in [1.807, 2.05) is 56.3 Å². The van der Waals surface area contributed by atoms with Crippen molar-refractivity contribution in [3.63, 3.8) is 0 Å². The highest BCUT2D eigenvalue weighted by Crippen LogP contribution is 2.17. The number of aromatic nitrogens is 2. The number of aryl methyl sites for hydroxylation is 1. The molecule has 0 aliphatic rings. The van der Waals surface area contributed by atoms with Crippen LogP contribution in [0.15, 0.2) is 107 Å². The van der Waals surface area contributed by atoms with Gasteiger partial charge in [-0.1, -0.05) is 49.4 Å². The first-order chi connectivity index (χ1) is 21.4. The Morgan fingerprint density at radius 2 is 1.55 bits per heavy atom. The normalized spacial score (nSPS) is 10.9. The second-order valence-corrected chi connectivity index (χ2v) is 10.3. The zero-order chi connectivity index (χ0) is 31.1. The molecule has 0 saturated heterocycles. The van der Waals surface area contributed by atoms with Crippen LogP contribution in [-0.2, 0) is 24.2 Å². The molecule has 0 fully saturated rings. The van der Waals surface area contributed by atoms with Crippen LogP contribution < -0.4 is 26.6 Å². The molecular weight excluding hydrogens is 556 g/mol. The fourth-order valence-corrected chi connectivity index (χ4v) is 4.98. The standard InChI is InChI=1S/C35H34N4O5/c1-3-24-10-15-28(16-11-24)39-34(42)30-19-12-26(33(41)36-21-20-25-8-6-5-7-9-25)22-31(30)38(35(39)43)23-32(40)37-27-13-17-29(18-14-27)44-4-2/h5-19,22H,3-4,20-21,23H2,1-2H3,(H,36,41)(H,37,40). The van der Waals surface area contributed by atoms with Crippen molar-refractivity contribution in [1.82, 2.24) is 14.5 Å². The van der Waals surface area contributed by atoms with E-state index in [9.17, 15) is 19.2 Å². The van der Waals surface area contributed by atoms with E-state index in [2.05, 4.69) is 10.6 Å². The largest absolute Gasteiger partial charge is 0.494 e. The number of carbonyl (C=O) groups excluding carboxylic acids is 2. The van der Waals surface area contributed by atoms with Crippen molar-refractivity contribution in [3.05, 3.63) is 135 Å². The summed E-state index contributed by atoms with van der Waals surface area (Å²) in [6.07, 6.45) is 1.46. The van der Waals surface area contributed by atoms with Gasteiger partial charge in [-0.2, -0.15) is 0 Å². The number of nitrogens with zero attached hydrogens (tertiary/aromatic N) is 2. The number of amides is 2. The van der Waals surface area contributed by atoms with E-state index in [1.165, 1.54) is 16.7 Å². The van der Waals surface area contributed by atoms with Gasteiger partial charge < -0.3 is 15.4 Å². The second-order valence-electron chi connectivity index (χ2n) is 10.3. The first kappa shape index (κ1) is 30.0. The van der Waals surface area contributed by atoms with Crippen LogP contribution in [0.3, 0.4) is 0 Å². The van der Waals surface area contributed by atoms with E-state index in [4.69, 9.17) is 4.74 Å². The highest BCUT2D eigenvalue weighted by Gasteiger charge is 2.19. The summed E-state index contributed by atoms with van der Waals surface area (Å²) >= 11 is 0. The molecule has 0 saturated carbocycles. The van der Waals surface area contributed by atoms with Gasteiger partial charge in [0.05, 0.1) is 23.2 Å². The van der Waals surface area contributed by atoms with E-state index in [-0.39, 0.29) is 28.9 Å². The van der Waals surface area contributed by atoms with Crippen molar-refractivity contribution in [1.29, 1.82) is 0 Å². The summed E-state index contributed by atoms with van der Waals surface area (Å²) < 4.78 is 7.75. The highest BCUT2D eigenvalue weighted by molar-refractivity contribution is 5.98. The monoisotopic (exact) mass is 590 g/mol. The molecule has 2 N–H and O–H groups in total. The molecule has 0 unspecified atom stereocenters. The van der Waals surface area contributed by atoms with Crippen molar-refractivity contribution in [2.24, 2.45) is 0 Å². The lowest BCUT2D eigenvalue weighted by molar-refractivity contribution is -0.116. The number of hydrogen-bond donors (Lipinski definition) is 2. The molecule has 5 rings (SSSR count). The van der Waals surface area contributed by atoms with Gasteiger partial charge in [-0.3, -0.25) is 19.0 Å². The number of fused-ring (bicyclic) bond motifs is 1.